The van der Waals surface area contributed by atoms with E-state index in [1.807, 2.05) is 6.07 Å². The molecule has 1 aliphatic heterocycles. The van der Waals surface area contributed by atoms with Gasteiger partial charge in [-0.15, -0.1) is 0 Å². The van der Waals surface area contributed by atoms with Gasteiger partial charge in [-0.1, -0.05) is 40.7 Å². The fraction of sp³-hybridized carbons (Fsp3) is 0.714. The van der Waals surface area contributed by atoms with Gasteiger partial charge in [0.2, 0.25) is 0 Å². The lowest BCUT2D eigenvalue weighted by Gasteiger charge is -2.39. The summed E-state index contributed by atoms with van der Waals surface area (Å²) in [5.74, 6) is -0.0696. The molecule has 0 aliphatic carbocycles. The quantitative estimate of drug-likeness (QED) is 0.704. The molecule has 1 aliphatic rings. The Morgan fingerprint density at radius 1 is 1.08 bits per heavy atom. The van der Waals surface area contributed by atoms with E-state index in [0.29, 0.717) is 6.04 Å². The largest absolute Gasteiger partial charge is 0.369 e. The zero-order chi connectivity index (χ0) is 17.7. The first-order chi connectivity index (χ1) is 11.4. The van der Waals surface area contributed by atoms with E-state index in [1.165, 1.54) is 25.9 Å². The summed E-state index contributed by atoms with van der Waals surface area (Å²) in [5, 5.41) is 0. The van der Waals surface area contributed by atoms with Crippen molar-refractivity contribution in [1.82, 2.24) is 4.90 Å². The predicted octanol–water partition coefficient (Wildman–Crippen LogP) is 5.21. The van der Waals surface area contributed by atoms with Crippen LogP contribution in [0.3, 0.4) is 0 Å². The van der Waals surface area contributed by atoms with Gasteiger partial charge >= 0.3 is 0 Å². The molecule has 0 amide bonds. The normalized spacial score (nSPS) is 16.9. The van der Waals surface area contributed by atoms with Crippen molar-refractivity contribution in [2.75, 3.05) is 31.1 Å². The second-order valence-electron chi connectivity index (χ2n) is 8.17. The highest BCUT2D eigenvalue weighted by atomic mass is 19.1. The Hall–Kier alpha value is -1.09. The average Bonchev–Trinajstić information content (AvgIpc) is 2.54. The second kappa shape index (κ2) is 8.33. The molecule has 2 nitrogen and oxygen atoms in total. The van der Waals surface area contributed by atoms with Gasteiger partial charge in [0.05, 0.1) is 5.69 Å². The zero-order valence-corrected chi connectivity index (χ0v) is 16.2. The monoisotopic (exact) mass is 334 g/mol. The summed E-state index contributed by atoms with van der Waals surface area (Å²) in [6.07, 6.45) is 4.70. The molecule has 1 fully saturated rings. The average molecular weight is 335 g/mol. The minimum absolute atomic E-state index is 0.00678. The van der Waals surface area contributed by atoms with Crippen LogP contribution in [0.5, 0.6) is 0 Å². The number of benzene rings is 1. The number of halogens is 1. The third-order valence-electron chi connectivity index (χ3n) is 5.16. The molecule has 0 N–H and O–H groups in total. The zero-order valence-electron chi connectivity index (χ0n) is 16.2. The lowest BCUT2D eigenvalue weighted by molar-refractivity contribution is 0.169. The molecule has 3 heteroatoms. The Kier molecular flexibility index (Phi) is 6.68. The lowest BCUT2D eigenvalue weighted by Crippen LogP contribution is -2.45. The summed E-state index contributed by atoms with van der Waals surface area (Å²) in [6.45, 7) is 15.2. The van der Waals surface area contributed by atoms with Crippen LogP contribution in [0.4, 0.5) is 10.1 Å². The third-order valence-corrected chi connectivity index (χ3v) is 5.16. The Balaban J connectivity index is 2.01. The van der Waals surface area contributed by atoms with Crippen molar-refractivity contribution in [2.24, 2.45) is 0 Å². The maximum absolute atomic E-state index is 14.6. The number of anilines is 1. The molecule has 0 unspecified atom stereocenters. The van der Waals surface area contributed by atoms with E-state index >= 15 is 0 Å². The summed E-state index contributed by atoms with van der Waals surface area (Å²) < 4.78 is 14.6. The molecule has 0 atom stereocenters. The lowest BCUT2D eigenvalue weighted by atomic mass is 9.87. The van der Waals surface area contributed by atoms with Gasteiger partial charge in [-0.25, -0.2) is 4.39 Å². The van der Waals surface area contributed by atoms with Gasteiger partial charge in [0, 0.05) is 19.1 Å². The molecule has 1 saturated heterocycles. The van der Waals surface area contributed by atoms with E-state index in [9.17, 15) is 4.39 Å². The van der Waals surface area contributed by atoms with E-state index in [0.717, 1.165) is 37.2 Å². The van der Waals surface area contributed by atoms with Gasteiger partial charge in [0.15, 0.2) is 0 Å². The minimum Gasteiger partial charge on any atom is -0.369 e. The van der Waals surface area contributed by atoms with Crippen LogP contribution in [0.15, 0.2) is 18.2 Å². The molecular formula is C21H35FN2. The molecule has 0 spiro atoms. The van der Waals surface area contributed by atoms with E-state index in [-0.39, 0.29) is 11.2 Å². The highest BCUT2D eigenvalue weighted by Gasteiger charge is 2.25. The fourth-order valence-corrected chi connectivity index (χ4v) is 3.75. The highest BCUT2D eigenvalue weighted by molar-refractivity contribution is 5.50. The van der Waals surface area contributed by atoms with E-state index in [2.05, 4.69) is 50.5 Å². The molecule has 1 aromatic rings. The molecule has 1 heterocycles. The van der Waals surface area contributed by atoms with E-state index in [1.54, 1.807) is 6.07 Å². The van der Waals surface area contributed by atoms with Gasteiger partial charge in [-0.2, -0.15) is 0 Å². The second-order valence-corrected chi connectivity index (χ2v) is 8.17. The van der Waals surface area contributed by atoms with Crippen LogP contribution in [0.1, 0.15) is 65.9 Å². The Labute approximate surface area is 148 Å². The molecule has 2 rings (SSSR count). The molecule has 0 radical (unpaired) electrons. The molecule has 24 heavy (non-hydrogen) atoms. The highest BCUT2D eigenvalue weighted by Crippen LogP contribution is 2.30. The molecule has 0 aromatic heterocycles. The van der Waals surface area contributed by atoms with Crippen molar-refractivity contribution in [3.05, 3.63) is 29.6 Å². The van der Waals surface area contributed by atoms with Crippen molar-refractivity contribution < 1.29 is 4.39 Å². The molecule has 136 valence electrons. The van der Waals surface area contributed by atoms with Crippen LogP contribution in [0.2, 0.25) is 0 Å². The van der Waals surface area contributed by atoms with E-state index < -0.39 is 0 Å². The van der Waals surface area contributed by atoms with E-state index in [4.69, 9.17) is 0 Å². The number of hydrogen-bond donors (Lipinski definition) is 0. The first kappa shape index (κ1) is 19.2. The van der Waals surface area contributed by atoms with Crippen molar-refractivity contribution >= 4 is 5.69 Å². The summed E-state index contributed by atoms with van der Waals surface area (Å²) >= 11 is 0. The number of hydrogen-bond acceptors (Lipinski definition) is 2. The van der Waals surface area contributed by atoms with Crippen LogP contribution < -0.4 is 4.90 Å². The molecule has 0 bridgehead atoms. The van der Waals surface area contributed by atoms with Crippen LogP contribution in [0.25, 0.3) is 0 Å². The third kappa shape index (κ3) is 4.72. The number of piperidine rings is 1. The first-order valence-corrected chi connectivity index (χ1v) is 9.65. The van der Waals surface area contributed by atoms with Gasteiger partial charge in [0.25, 0.3) is 0 Å². The smallest absolute Gasteiger partial charge is 0.146 e. The topological polar surface area (TPSA) is 6.48 Å². The number of nitrogens with zero attached hydrogens (tertiary/aromatic N) is 2. The van der Waals surface area contributed by atoms with Crippen LogP contribution >= 0.6 is 0 Å². The van der Waals surface area contributed by atoms with Crippen molar-refractivity contribution in [3.8, 4) is 0 Å². The minimum atomic E-state index is -0.0696. The summed E-state index contributed by atoms with van der Waals surface area (Å²) in [6, 6.07) is 6.46. The molecular weight excluding hydrogens is 299 g/mol. The summed E-state index contributed by atoms with van der Waals surface area (Å²) in [5.41, 5.74) is 1.84. The van der Waals surface area contributed by atoms with Crippen molar-refractivity contribution in [2.45, 2.75) is 71.8 Å². The van der Waals surface area contributed by atoms with Gasteiger partial charge in [-0.05, 0) is 61.9 Å². The Bertz CT molecular complexity index is 507. The van der Waals surface area contributed by atoms with Crippen molar-refractivity contribution in [3.63, 3.8) is 0 Å². The van der Waals surface area contributed by atoms with Crippen LogP contribution in [0, 0.1) is 5.82 Å². The van der Waals surface area contributed by atoms with Crippen LogP contribution in [-0.4, -0.2) is 37.1 Å². The summed E-state index contributed by atoms with van der Waals surface area (Å²) in [7, 11) is 0. The standard InChI is InChI=1S/C21H35FN2/c1-6-12-23(13-7-2)18-10-14-24(15-11-18)20-9-8-17(16-19(20)22)21(3,4)5/h8-9,16,18H,6-7,10-15H2,1-5H3. The first-order valence-electron chi connectivity index (χ1n) is 9.65. The van der Waals surface area contributed by atoms with Crippen LogP contribution in [-0.2, 0) is 5.41 Å². The van der Waals surface area contributed by atoms with Gasteiger partial charge in [-0.3, -0.25) is 0 Å². The molecule has 0 saturated carbocycles. The molecule has 1 aromatic carbocycles. The Morgan fingerprint density at radius 3 is 2.12 bits per heavy atom. The summed E-state index contributed by atoms with van der Waals surface area (Å²) in [4.78, 5) is 4.87. The number of rotatable bonds is 6. The fourth-order valence-electron chi connectivity index (χ4n) is 3.75. The van der Waals surface area contributed by atoms with Gasteiger partial charge < -0.3 is 9.80 Å². The van der Waals surface area contributed by atoms with Crippen molar-refractivity contribution in [1.29, 1.82) is 0 Å². The predicted molar refractivity (Wildman–Crippen MR) is 102 cm³/mol. The maximum Gasteiger partial charge on any atom is 0.146 e. The van der Waals surface area contributed by atoms with Gasteiger partial charge in [0.1, 0.15) is 5.82 Å². The SMILES string of the molecule is CCCN(CCC)C1CCN(c2ccc(C(C)(C)C)cc2F)CC1. The maximum atomic E-state index is 14.6. The Morgan fingerprint density at radius 2 is 1.67 bits per heavy atom.